The van der Waals surface area contributed by atoms with Gasteiger partial charge in [-0.25, -0.2) is 0 Å². The predicted molar refractivity (Wildman–Crippen MR) is 105 cm³/mol. The molecule has 27 heavy (non-hydrogen) atoms. The molecule has 0 radical (unpaired) electrons. The number of nitrogens with one attached hydrogen (secondary N) is 1. The Morgan fingerprint density at radius 2 is 1.85 bits per heavy atom. The largest absolute Gasteiger partial charge is 0.381 e. The Kier molecular flexibility index (Phi) is 7.07. The maximum Gasteiger partial charge on any atom is 0.239 e. The Hall–Kier alpha value is -1.67. The molecule has 1 aromatic rings. The molecule has 7 nitrogen and oxygen atoms in total. The highest BCUT2D eigenvalue weighted by Crippen LogP contribution is 2.21. The standard InChI is InChI=1S/C19H27ClN4O3/c20-15-3-1-2-4-16(15)22-17(25)13-23-7-9-24(10-8-23)19(26)18(21)14-5-11-27-12-6-14/h1-4,14,18H,5-13,21H2,(H,22,25). The number of halogens is 1. The van der Waals surface area contributed by atoms with Crippen molar-refractivity contribution < 1.29 is 14.3 Å². The fourth-order valence-corrected chi connectivity index (χ4v) is 3.75. The lowest BCUT2D eigenvalue weighted by Gasteiger charge is -2.37. The normalized spacial score (nSPS) is 20.3. The van der Waals surface area contributed by atoms with E-state index >= 15 is 0 Å². The van der Waals surface area contributed by atoms with Crippen LogP contribution in [0.2, 0.25) is 5.02 Å². The van der Waals surface area contributed by atoms with Gasteiger partial charge in [0.15, 0.2) is 0 Å². The Bertz CT molecular complexity index is 658. The molecule has 0 aliphatic carbocycles. The van der Waals surface area contributed by atoms with Gasteiger partial charge in [-0.1, -0.05) is 23.7 Å². The van der Waals surface area contributed by atoms with Crippen LogP contribution < -0.4 is 11.1 Å². The minimum atomic E-state index is -0.455. The van der Waals surface area contributed by atoms with Gasteiger partial charge in [0, 0.05) is 39.4 Å². The molecular formula is C19H27ClN4O3. The van der Waals surface area contributed by atoms with Crippen LogP contribution in [-0.2, 0) is 14.3 Å². The zero-order valence-electron chi connectivity index (χ0n) is 15.4. The van der Waals surface area contributed by atoms with Gasteiger partial charge in [-0.2, -0.15) is 0 Å². The molecule has 1 atom stereocenters. The summed E-state index contributed by atoms with van der Waals surface area (Å²) < 4.78 is 5.34. The van der Waals surface area contributed by atoms with E-state index in [2.05, 4.69) is 5.32 Å². The van der Waals surface area contributed by atoms with Gasteiger partial charge in [-0.05, 0) is 30.9 Å². The number of nitrogens with two attached hydrogens (primary N) is 1. The van der Waals surface area contributed by atoms with E-state index in [0.717, 1.165) is 12.8 Å². The third-order valence-electron chi connectivity index (χ3n) is 5.26. The Balaban J connectivity index is 1.43. The van der Waals surface area contributed by atoms with E-state index in [9.17, 15) is 9.59 Å². The first-order chi connectivity index (χ1) is 13.0. The van der Waals surface area contributed by atoms with Gasteiger partial charge in [-0.15, -0.1) is 0 Å². The topological polar surface area (TPSA) is 87.9 Å². The second-order valence-corrected chi connectivity index (χ2v) is 7.51. The van der Waals surface area contributed by atoms with Crippen molar-refractivity contribution in [3.05, 3.63) is 29.3 Å². The van der Waals surface area contributed by atoms with Crippen molar-refractivity contribution in [1.29, 1.82) is 0 Å². The lowest BCUT2D eigenvalue weighted by atomic mass is 9.91. The number of para-hydroxylation sites is 1. The molecule has 0 bridgehead atoms. The molecule has 0 spiro atoms. The highest BCUT2D eigenvalue weighted by Gasteiger charge is 2.31. The predicted octanol–water partition coefficient (Wildman–Crippen LogP) is 1.18. The van der Waals surface area contributed by atoms with E-state index in [1.807, 2.05) is 21.9 Å². The molecule has 2 fully saturated rings. The van der Waals surface area contributed by atoms with Gasteiger partial charge in [0.05, 0.1) is 23.3 Å². The average Bonchev–Trinajstić information content (AvgIpc) is 2.70. The van der Waals surface area contributed by atoms with Crippen molar-refractivity contribution in [2.24, 2.45) is 11.7 Å². The highest BCUT2D eigenvalue weighted by molar-refractivity contribution is 6.33. The number of piperazine rings is 1. The Morgan fingerprint density at radius 1 is 1.19 bits per heavy atom. The van der Waals surface area contributed by atoms with E-state index < -0.39 is 6.04 Å². The summed E-state index contributed by atoms with van der Waals surface area (Å²) >= 11 is 6.07. The molecule has 2 heterocycles. The van der Waals surface area contributed by atoms with Crippen molar-refractivity contribution in [3.8, 4) is 0 Å². The number of hydrogen-bond donors (Lipinski definition) is 2. The van der Waals surface area contributed by atoms with Crippen molar-refractivity contribution >= 4 is 29.1 Å². The average molecular weight is 395 g/mol. The first-order valence-electron chi connectivity index (χ1n) is 9.43. The lowest BCUT2D eigenvalue weighted by molar-refractivity contribution is -0.136. The van der Waals surface area contributed by atoms with Crippen LogP contribution in [0.4, 0.5) is 5.69 Å². The third kappa shape index (κ3) is 5.42. The van der Waals surface area contributed by atoms with Crippen LogP contribution in [0.1, 0.15) is 12.8 Å². The fraction of sp³-hybridized carbons (Fsp3) is 0.579. The van der Waals surface area contributed by atoms with Crippen LogP contribution in [0.3, 0.4) is 0 Å². The number of carbonyl (C=O) groups is 2. The van der Waals surface area contributed by atoms with Crippen LogP contribution in [-0.4, -0.2) is 73.6 Å². The Morgan fingerprint density at radius 3 is 2.52 bits per heavy atom. The molecule has 2 amide bonds. The number of benzene rings is 1. The summed E-state index contributed by atoms with van der Waals surface area (Å²) in [6.45, 7) is 4.13. The summed E-state index contributed by atoms with van der Waals surface area (Å²) in [6, 6.07) is 6.70. The fourth-order valence-electron chi connectivity index (χ4n) is 3.57. The van der Waals surface area contributed by atoms with E-state index in [1.165, 1.54) is 0 Å². The molecule has 0 saturated carbocycles. The summed E-state index contributed by atoms with van der Waals surface area (Å²) in [5.74, 6) is 0.106. The second-order valence-electron chi connectivity index (χ2n) is 7.11. The number of anilines is 1. The van der Waals surface area contributed by atoms with Gasteiger partial charge < -0.3 is 20.7 Å². The summed E-state index contributed by atoms with van der Waals surface area (Å²) in [4.78, 5) is 28.8. The third-order valence-corrected chi connectivity index (χ3v) is 5.59. The summed E-state index contributed by atoms with van der Waals surface area (Å²) in [5, 5.41) is 3.34. The molecule has 3 rings (SSSR count). The molecule has 1 aromatic carbocycles. The number of ether oxygens (including phenoxy) is 1. The summed E-state index contributed by atoms with van der Waals surface area (Å²) in [7, 11) is 0. The smallest absolute Gasteiger partial charge is 0.239 e. The molecule has 8 heteroatoms. The first kappa shape index (κ1) is 20.1. The van der Waals surface area contributed by atoms with E-state index in [0.29, 0.717) is 50.1 Å². The van der Waals surface area contributed by atoms with Crippen LogP contribution in [0.15, 0.2) is 24.3 Å². The van der Waals surface area contributed by atoms with Crippen molar-refractivity contribution in [2.75, 3.05) is 51.3 Å². The van der Waals surface area contributed by atoms with Crippen LogP contribution in [0.25, 0.3) is 0 Å². The number of rotatable bonds is 5. The minimum Gasteiger partial charge on any atom is -0.381 e. The van der Waals surface area contributed by atoms with E-state index in [1.54, 1.807) is 12.1 Å². The molecule has 3 N–H and O–H groups in total. The summed E-state index contributed by atoms with van der Waals surface area (Å²) in [6.07, 6.45) is 1.68. The van der Waals surface area contributed by atoms with Crippen LogP contribution in [0, 0.1) is 5.92 Å². The molecule has 148 valence electrons. The SMILES string of the molecule is NC(C(=O)N1CCN(CC(=O)Nc2ccccc2Cl)CC1)C1CCOCC1. The zero-order chi connectivity index (χ0) is 19.2. The van der Waals surface area contributed by atoms with E-state index in [-0.39, 0.29) is 24.3 Å². The zero-order valence-corrected chi connectivity index (χ0v) is 16.2. The van der Waals surface area contributed by atoms with Crippen molar-refractivity contribution in [1.82, 2.24) is 9.80 Å². The van der Waals surface area contributed by atoms with Crippen LogP contribution in [0.5, 0.6) is 0 Å². The Labute approximate surface area is 164 Å². The first-order valence-corrected chi connectivity index (χ1v) is 9.81. The van der Waals surface area contributed by atoms with Gasteiger partial charge >= 0.3 is 0 Å². The highest BCUT2D eigenvalue weighted by atomic mass is 35.5. The number of hydrogen-bond acceptors (Lipinski definition) is 5. The molecule has 0 aromatic heterocycles. The number of nitrogens with zero attached hydrogens (tertiary/aromatic N) is 2. The summed E-state index contributed by atoms with van der Waals surface area (Å²) in [5.41, 5.74) is 6.81. The van der Waals surface area contributed by atoms with Gasteiger partial charge in [-0.3, -0.25) is 14.5 Å². The molecule has 1 unspecified atom stereocenters. The minimum absolute atomic E-state index is 0.0158. The second kappa shape index (κ2) is 9.50. The lowest BCUT2D eigenvalue weighted by Crippen LogP contribution is -2.56. The quantitative estimate of drug-likeness (QED) is 0.782. The number of amides is 2. The number of carbonyl (C=O) groups excluding carboxylic acids is 2. The molecular weight excluding hydrogens is 368 g/mol. The van der Waals surface area contributed by atoms with Gasteiger partial charge in [0.1, 0.15) is 0 Å². The van der Waals surface area contributed by atoms with E-state index in [4.69, 9.17) is 22.1 Å². The molecule has 2 aliphatic heterocycles. The van der Waals surface area contributed by atoms with Gasteiger partial charge in [0.25, 0.3) is 0 Å². The molecule has 2 aliphatic rings. The van der Waals surface area contributed by atoms with Crippen molar-refractivity contribution in [2.45, 2.75) is 18.9 Å². The monoisotopic (exact) mass is 394 g/mol. The van der Waals surface area contributed by atoms with Gasteiger partial charge in [0.2, 0.25) is 11.8 Å². The maximum atomic E-state index is 12.7. The van der Waals surface area contributed by atoms with Crippen molar-refractivity contribution in [3.63, 3.8) is 0 Å². The maximum absolute atomic E-state index is 12.7. The molecule has 2 saturated heterocycles. The van der Waals surface area contributed by atoms with Crippen LogP contribution >= 0.6 is 11.6 Å².